The maximum Gasteiger partial charge on any atom is 0.143 e. The Morgan fingerprint density at radius 3 is 2.63 bits per heavy atom. The lowest BCUT2D eigenvalue weighted by atomic mass is 10.1. The number of imidazole rings is 1. The molecule has 27 heavy (non-hydrogen) atoms. The van der Waals surface area contributed by atoms with Gasteiger partial charge < -0.3 is 14.6 Å². The highest BCUT2D eigenvalue weighted by Gasteiger charge is 2.18. The molecular weight excluding hydrogens is 381 g/mol. The number of anilines is 1. The van der Waals surface area contributed by atoms with E-state index in [1.807, 2.05) is 47.2 Å². The standard InChI is InChI=1S/C21H23Cl2N3O/c1-2-3-10-25-17-5-7-18(8-6-17)27-21(14-26-12-11-24-15-26)19-9-4-16(22)13-20(19)23/h4-9,11-13,15,21,25H,2-3,10,14H2,1H3. The summed E-state index contributed by atoms with van der Waals surface area (Å²) in [4.78, 5) is 4.10. The van der Waals surface area contributed by atoms with Crippen molar-refractivity contribution in [3.63, 3.8) is 0 Å². The predicted octanol–water partition coefficient (Wildman–Crippen LogP) is 6.22. The molecule has 0 fully saturated rings. The third-order valence-electron chi connectivity index (χ3n) is 4.24. The Hall–Kier alpha value is -2.17. The number of rotatable bonds is 9. The fourth-order valence-corrected chi connectivity index (χ4v) is 3.30. The molecule has 0 saturated carbocycles. The zero-order chi connectivity index (χ0) is 19.1. The highest BCUT2D eigenvalue weighted by Crippen LogP contribution is 2.31. The molecule has 0 aliphatic rings. The van der Waals surface area contributed by atoms with Crippen molar-refractivity contribution in [2.24, 2.45) is 0 Å². The van der Waals surface area contributed by atoms with Crippen molar-refractivity contribution in [2.45, 2.75) is 32.4 Å². The number of benzene rings is 2. The first-order valence-corrected chi connectivity index (χ1v) is 9.82. The van der Waals surface area contributed by atoms with Gasteiger partial charge in [-0.2, -0.15) is 0 Å². The molecule has 0 aliphatic heterocycles. The van der Waals surface area contributed by atoms with E-state index < -0.39 is 0 Å². The molecule has 0 radical (unpaired) electrons. The van der Waals surface area contributed by atoms with Crippen LogP contribution in [0, 0.1) is 0 Å². The van der Waals surface area contributed by atoms with Crippen molar-refractivity contribution in [3.05, 3.63) is 76.8 Å². The Kier molecular flexibility index (Phi) is 7.02. The second-order valence-corrected chi connectivity index (χ2v) is 7.18. The Morgan fingerprint density at radius 1 is 1.15 bits per heavy atom. The first-order chi connectivity index (χ1) is 13.2. The molecule has 142 valence electrons. The van der Waals surface area contributed by atoms with Gasteiger partial charge in [0.2, 0.25) is 0 Å². The summed E-state index contributed by atoms with van der Waals surface area (Å²) in [5, 5.41) is 4.60. The number of nitrogens with zero attached hydrogens (tertiary/aromatic N) is 2. The zero-order valence-corrected chi connectivity index (χ0v) is 16.7. The molecule has 2 aromatic carbocycles. The van der Waals surface area contributed by atoms with Crippen molar-refractivity contribution >= 4 is 28.9 Å². The summed E-state index contributed by atoms with van der Waals surface area (Å²) in [5.74, 6) is 0.784. The van der Waals surface area contributed by atoms with E-state index in [0.29, 0.717) is 16.6 Å². The minimum absolute atomic E-state index is 0.261. The highest BCUT2D eigenvalue weighted by molar-refractivity contribution is 6.35. The summed E-state index contributed by atoms with van der Waals surface area (Å²) in [5.41, 5.74) is 1.98. The molecule has 1 heterocycles. The normalized spacial score (nSPS) is 12.0. The average Bonchev–Trinajstić information content (AvgIpc) is 3.16. The Balaban J connectivity index is 1.76. The first-order valence-electron chi connectivity index (χ1n) is 9.07. The van der Waals surface area contributed by atoms with Crippen LogP contribution < -0.4 is 10.1 Å². The minimum atomic E-state index is -0.261. The number of halogens is 2. The van der Waals surface area contributed by atoms with Gasteiger partial charge in [-0.25, -0.2) is 4.98 Å². The van der Waals surface area contributed by atoms with Gasteiger partial charge in [0.25, 0.3) is 0 Å². The van der Waals surface area contributed by atoms with Gasteiger partial charge in [-0.05, 0) is 42.8 Å². The second kappa shape index (κ2) is 9.67. The summed E-state index contributed by atoms with van der Waals surface area (Å²) in [7, 11) is 0. The highest BCUT2D eigenvalue weighted by atomic mass is 35.5. The monoisotopic (exact) mass is 403 g/mol. The van der Waals surface area contributed by atoms with E-state index in [-0.39, 0.29) is 6.10 Å². The van der Waals surface area contributed by atoms with Crippen LogP contribution in [0.3, 0.4) is 0 Å². The molecule has 0 spiro atoms. The Morgan fingerprint density at radius 2 is 1.96 bits per heavy atom. The van der Waals surface area contributed by atoms with Gasteiger partial charge in [0.1, 0.15) is 11.9 Å². The van der Waals surface area contributed by atoms with E-state index in [2.05, 4.69) is 17.2 Å². The fourth-order valence-electron chi connectivity index (χ4n) is 2.77. The lowest BCUT2D eigenvalue weighted by Crippen LogP contribution is -2.15. The van der Waals surface area contributed by atoms with Crippen LogP contribution in [0.5, 0.6) is 5.75 Å². The summed E-state index contributed by atoms with van der Waals surface area (Å²) in [6.07, 6.45) is 7.48. The smallest absolute Gasteiger partial charge is 0.143 e. The summed E-state index contributed by atoms with van der Waals surface area (Å²) < 4.78 is 8.24. The third-order valence-corrected chi connectivity index (χ3v) is 4.80. The number of hydrogen-bond acceptors (Lipinski definition) is 3. The molecule has 3 rings (SSSR count). The van der Waals surface area contributed by atoms with Crippen LogP contribution in [0.1, 0.15) is 31.4 Å². The predicted molar refractivity (Wildman–Crippen MR) is 112 cm³/mol. The lowest BCUT2D eigenvalue weighted by molar-refractivity contribution is 0.183. The van der Waals surface area contributed by atoms with Gasteiger partial charge in [0, 0.05) is 40.2 Å². The first kappa shape index (κ1) is 19.6. The molecule has 0 bridgehead atoms. The maximum atomic E-state index is 6.43. The molecule has 4 nitrogen and oxygen atoms in total. The van der Waals surface area contributed by atoms with Crippen molar-refractivity contribution in [1.29, 1.82) is 0 Å². The van der Waals surface area contributed by atoms with Crippen LogP contribution in [0.4, 0.5) is 5.69 Å². The number of unbranched alkanes of at least 4 members (excludes halogenated alkanes) is 1. The summed E-state index contributed by atoms with van der Waals surface area (Å²) >= 11 is 12.5. The molecule has 0 saturated heterocycles. The van der Waals surface area contributed by atoms with E-state index >= 15 is 0 Å². The quantitative estimate of drug-likeness (QED) is 0.430. The van der Waals surface area contributed by atoms with Gasteiger partial charge >= 0.3 is 0 Å². The molecule has 3 aromatic rings. The van der Waals surface area contributed by atoms with Crippen LogP contribution in [-0.4, -0.2) is 16.1 Å². The van der Waals surface area contributed by atoms with Gasteiger partial charge in [-0.3, -0.25) is 0 Å². The second-order valence-electron chi connectivity index (χ2n) is 6.34. The topological polar surface area (TPSA) is 39.1 Å². The van der Waals surface area contributed by atoms with Crippen LogP contribution in [0.15, 0.2) is 61.2 Å². The number of ether oxygens (including phenoxy) is 1. The molecule has 1 unspecified atom stereocenters. The van der Waals surface area contributed by atoms with Crippen LogP contribution >= 0.6 is 23.2 Å². The van der Waals surface area contributed by atoms with Gasteiger partial charge in [-0.15, -0.1) is 0 Å². The van der Waals surface area contributed by atoms with Crippen molar-refractivity contribution < 1.29 is 4.74 Å². The van der Waals surface area contributed by atoms with E-state index in [4.69, 9.17) is 27.9 Å². The molecule has 0 aliphatic carbocycles. The van der Waals surface area contributed by atoms with Gasteiger partial charge in [-0.1, -0.05) is 42.6 Å². The van der Waals surface area contributed by atoms with Crippen LogP contribution in [-0.2, 0) is 6.54 Å². The van der Waals surface area contributed by atoms with Crippen molar-refractivity contribution in [1.82, 2.24) is 9.55 Å². The summed E-state index contributed by atoms with van der Waals surface area (Å²) in [6, 6.07) is 13.5. The van der Waals surface area contributed by atoms with Crippen LogP contribution in [0.25, 0.3) is 0 Å². The minimum Gasteiger partial charge on any atom is -0.484 e. The molecule has 1 aromatic heterocycles. The number of hydrogen-bond donors (Lipinski definition) is 1. The molecular formula is C21H23Cl2N3O. The number of aromatic nitrogens is 2. The van der Waals surface area contributed by atoms with E-state index in [1.54, 1.807) is 18.6 Å². The maximum absolute atomic E-state index is 6.43. The van der Waals surface area contributed by atoms with E-state index in [9.17, 15) is 0 Å². The summed E-state index contributed by atoms with van der Waals surface area (Å²) in [6.45, 7) is 3.75. The molecule has 0 amide bonds. The molecule has 6 heteroatoms. The van der Waals surface area contributed by atoms with E-state index in [1.165, 1.54) is 6.42 Å². The van der Waals surface area contributed by atoms with E-state index in [0.717, 1.165) is 30.0 Å². The fraction of sp³-hybridized carbons (Fsp3) is 0.286. The Bertz CT molecular complexity index is 835. The Labute approximate surface area is 170 Å². The van der Waals surface area contributed by atoms with Gasteiger partial charge in [0.05, 0.1) is 12.9 Å². The molecule has 1 N–H and O–H groups in total. The number of nitrogens with one attached hydrogen (secondary N) is 1. The van der Waals surface area contributed by atoms with Crippen molar-refractivity contribution in [3.8, 4) is 5.75 Å². The SMILES string of the molecule is CCCCNc1ccc(OC(Cn2ccnc2)c2ccc(Cl)cc2Cl)cc1. The zero-order valence-electron chi connectivity index (χ0n) is 15.2. The molecule has 1 atom stereocenters. The largest absolute Gasteiger partial charge is 0.484 e. The van der Waals surface area contributed by atoms with Crippen LogP contribution in [0.2, 0.25) is 10.0 Å². The third kappa shape index (κ3) is 5.65. The lowest BCUT2D eigenvalue weighted by Gasteiger charge is -2.21. The van der Waals surface area contributed by atoms with Crippen molar-refractivity contribution in [2.75, 3.05) is 11.9 Å². The van der Waals surface area contributed by atoms with Gasteiger partial charge in [0.15, 0.2) is 0 Å². The average molecular weight is 404 g/mol.